The maximum atomic E-state index is 13.0. The Bertz CT molecular complexity index is 853. The van der Waals surface area contributed by atoms with E-state index < -0.39 is 0 Å². The first kappa shape index (κ1) is 25.3. The van der Waals surface area contributed by atoms with Gasteiger partial charge >= 0.3 is 0 Å². The van der Waals surface area contributed by atoms with E-state index in [2.05, 4.69) is 16.9 Å². The third kappa shape index (κ3) is 6.94. The molecular formula is C21H29ClN4OS2. The molecule has 1 aromatic heterocycles. The highest BCUT2D eigenvalue weighted by molar-refractivity contribution is 8.22. The molecule has 8 heteroatoms. The second kappa shape index (κ2) is 12.8. The van der Waals surface area contributed by atoms with E-state index in [-0.39, 0.29) is 12.5 Å². The number of nitrogens with one attached hydrogen (secondary N) is 2. The molecule has 0 fully saturated rings. The summed E-state index contributed by atoms with van der Waals surface area (Å²) in [6.45, 7) is 9.88. The molecule has 0 saturated carbocycles. The second-order valence-corrected chi connectivity index (χ2v) is 8.70. The molecule has 0 aromatic carbocycles. The summed E-state index contributed by atoms with van der Waals surface area (Å²) >= 11 is 9.35. The first-order chi connectivity index (χ1) is 13.8. The van der Waals surface area contributed by atoms with Crippen molar-refractivity contribution in [2.24, 2.45) is 12.0 Å². The lowest BCUT2D eigenvalue weighted by Gasteiger charge is -2.09. The largest absolute Gasteiger partial charge is 0.345 e. The molecule has 0 aliphatic carbocycles. The van der Waals surface area contributed by atoms with Crippen molar-refractivity contribution in [3.63, 3.8) is 0 Å². The number of carbonyl (C=O) groups excluding carboxylic acids is 1. The van der Waals surface area contributed by atoms with Crippen molar-refractivity contribution in [2.75, 3.05) is 12.8 Å². The molecular weight excluding hydrogens is 424 g/mol. The lowest BCUT2D eigenvalue weighted by Crippen LogP contribution is -2.28. The number of rotatable bonds is 11. The molecule has 158 valence electrons. The van der Waals surface area contributed by atoms with Crippen LogP contribution in [0, 0.1) is 12.3 Å². The van der Waals surface area contributed by atoms with E-state index in [1.807, 2.05) is 44.7 Å². The van der Waals surface area contributed by atoms with Crippen LogP contribution in [-0.4, -0.2) is 34.7 Å². The van der Waals surface area contributed by atoms with E-state index in [1.54, 1.807) is 35.7 Å². The van der Waals surface area contributed by atoms with Crippen molar-refractivity contribution in [2.45, 2.75) is 38.5 Å². The number of thioether (sulfide) groups is 2. The van der Waals surface area contributed by atoms with Crippen LogP contribution in [0.3, 0.4) is 0 Å². The van der Waals surface area contributed by atoms with E-state index >= 15 is 0 Å². The van der Waals surface area contributed by atoms with Crippen molar-refractivity contribution in [3.8, 4) is 0 Å². The third-order valence-corrected chi connectivity index (χ3v) is 6.95. The van der Waals surface area contributed by atoms with Crippen molar-refractivity contribution in [1.29, 1.82) is 5.41 Å². The Hall–Kier alpha value is -1.70. The third-order valence-electron chi connectivity index (χ3n) is 4.13. The topological polar surface area (TPSA) is 70.2 Å². The average molecular weight is 453 g/mol. The molecule has 1 heterocycles. The molecule has 1 aromatic rings. The molecule has 0 bridgehead atoms. The molecule has 0 atom stereocenters. The van der Waals surface area contributed by atoms with Gasteiger partial charge in [-0.2, -0.15) is 0 Å². The standard InChI is InChI=1S/C21H29ClN4OS2/c1-7-10-15(25-17(22)11-8-2)13-24-21(27)19-16(12-23)20(14(4)26(19)5)29-18(9-3)28-6/h7,9-10,12,23H,1,8,11,13H2,2-6H3,(H,24,27)/b15-10-,18-9+,23-12?,25-17+. The van der Waals surface area contributed by atoms with Gasteiger partial charge in [0.1, 0.15) is 10.9 Å². The average Bonchev–Trinajstić information content (AvgIpc) is 2.94. The molecule has 2 N–H and O–H groups in total. The van der Waals surface area contributed by atoms with Crippen molar-refractivity contribution in [3.05, 3.63) is 51.7 Å². The minimum atomic E-state index is -0.260. The van der Waals surface area contributed by atoms with Crippen LogP contribution in [0.5, 0.6) is 0 Å². The van der Waals surface area contributed by atoms with Gasteiger partial charge in [0.05, 0.1) is 12.2 Å². The fourth-order valence-electron chi connectivity index (χ4n) is 2.60. The summed E-state index contributed by atoms with van der Waals surface area (Å²) in [7, 11) is 1.84. The zero-order valence-corrected chi connectivity index (χ0v) is 20.0. The number of halogens is 1. The molecule has 0 aliphatic rings. The summed E-state index contributed by atoms with van der Waals surface area (Å²) in [5.41, 5.74) is 2.64. The predicted molar refractivity (Wildman–Crippen MR) is 130 cm³/mol. The zero-order chi connectivity index (χ0) is 22.0. The molecule has 0 radical (unpaired) electrons. The van der Waals surface area contributed by atoms with Crippen molar-refractivity contribution in [1.82, 2.24) is 9.88 Å². The summed E-state index contributed by atoms with van der Waals surface area (Å²) < 4.78 is 2.94. The number of allylic oxidation sites excluding steroid dienone is 3. The molecule has 5 nitrogen and oxygen atoms in total. The normalized spacial score (nSPS) is 12.8. The first-order valence-electron chi connectivity index (χ1n) is 9.25. The van der Waals surface area contributed by atoms with Crippen LogP contribution < -0.4 is 5.32 Å². The number of nitrogens with zero attached hydrogens (tertiary/aromatic N) is 2. The van der Waals surface area contributed by atoms with Gasteiger partial charge in [0.15, 0.2) is 0 Å². The van der Waals surface area contributed by atoms with Crippen molar-refractivity contribution < 1.29 is 4.79 Å². The van der Waals surface area contributed by atoms with Gasteiger partial charge in [-0.05, 0) is 32.6 Å². The van der Waals surface area contributed by atoms with Gasteiger partial charge in [0.2, 0.25) is 0 Å². The van der Waals surface area contributed by atoms with E-state index in [0.29, 0.717) is 28.5 Å². The highest BCUT2D eigenvalue weighted by Crippen LogP contribution is 2.39. The van der Waals surface area contributed by atoms with Gasteiger partial charge in [-0.25, -0.2) is 4.99 Å². The highest BCUT2D eigenvalue weighted by atomic mass is 35.5. The molecule has 0 saturated heterocycles. The Morgan fingerprint density at radius 1 is 1.45 bits per heavy atom. The lowest BCUT2D eigenvalue weighted by atomic mass is 10.2. The number of aromatic nitrogens is 1. The summed E-state index contributed by atoms with van der Waals surface area (Å²) in [4.78, 5) is 18.2. The first-order valence-corrected chi connectivity index (χ1v) is 11.7. The van der Waals surface area contributed by atoms with Gasteiger partial charge in [-0.15, -0.1) is 11.8 Å². The van der Waals surface area contributed by atoms with Crippen LogP contribution in [0.1, 0.15) is 48.4 Å². The summed E-state index contributed by atoms with van der Waals surface area (Å²) in [6.07, 6.45) is 10.2. The smallest absolute Gasteiger partial charge is 0.268 e. The Morgan fingerprint density at radius 3 is 2.66 bits per heavy atom. The maximum absolute atomic E-state index is 13.0. The van der Waals surface area contributed by atoms with Gasteiger partial charge < -0.3 is 15.3 Å². The fraction of sp³-hybridized carbons (Fsp3) is 0.381. The summed E-state index contributed by atoms with van der Waals surface area (Å²) in [6, 6.07) is 0. The zero-order valence-electron chi connectivity index (χ0n) is 17.6. The van der Waals surface area contributed by atoms with Gasteiger partial charge in [0.25, 0.3) is 5.91 Å². The fourth-order valence-corrected chi connectivity index (χ4v) is 4.59. The van der Waals surface area contributed by atoms with E-state index in [1.165, 1.54) is 6.21 Å². The summed E-state index contributed by atoms with van der Waals surface area (Å²) in [5, 5.41) is 11.3. The Kier molecular flexibility index (Phi) is 11.2. The number of carbonyl (C=O) groups is 1. The second-order valence-electron chi connectivity index (χ2n) is 6.11. The van der Waals surface area contributed by atoms with Gasteiger partial charge in [-0.3, -0.25) is 4.79 Å². The molecule has 29 heavy (non-hydrogen) atoms. The minimum absolute atomic E-state index is 0.222. The quantitative estimate of drug-likeness (QED) is 0.250. The monoisotopic (exact) mass is 452 g/mol. The number of hydrogen-bond acceptors (Lipinski definition) is 5. The number of hydrogen-bond donors (Lipinski definition) is 2. The molecule has 0 spiro atoms. The Labute approximate surface area is 187 Å². The van der Waals surface area contributed by atoms with Crippen LogP contribution in [0.2, 0.25) is 0 Å². The Balaban J connectivity index is 3.16. The van der Waals surface area contributed by atoms with Crippen LogP contribution in [0.25, 0.3) is 0 Å². The van der Waals surface area contributed by atoms with E-state index in [4.69, 9.17) is 17.0 Å². The van der Waals surface area contributed by atoms with Crippen LogP contribution in [0.15, 0.2) is 44.6 Å². The Morgan fingerprint density at radius 2 is 2.14 bits per heavy atom. The van der Waals surface area contributed by atoms with Crippen LogP contribution in [0.4, 0.5) is 0 Å². The van der Waals surface area contributed by atoms with E-state index in [9.17, 15) is 4.79 Å². The SMILES string of the molecule is C=C/C=C(CNC(=O)c1c(C=N)c(S/C(=C/C)SC)c(C)n1C)\N=C(\Cl)CCC. The van der Waals surface area contributed by atoms with Crippen LogP contribution in [-0.2, 0) is 7.05 Å². The van der Waals surface area contributed by atoms with Gasteiger partial charge in [0, 0.05) is 40.1 Å². The lowest BCUT2D eigenvalue weighted by molar-refractivity contribution is 0.0948. The number of aliphatic imine (C=N–C) groups is 1. The number of amides is 1. The maximum Gasteiger partial charge on any atom is 0.268 e. The predicted octanol–water partition coefficient (Wildman–Crippen LogP) is 5.88. The molecule has 1 amide bonds. The molecule has 0 unspecified atom stereocenters. The van der Waals surface area contributed by atoms with Crippen molar-refractivity contribution >= 4 is 52.4 Å². The van der Waals surface area contributed by atoms with E-state index in [0.717, 1.165) is 21.2 Å². The molecule has 0 aliphatic heterocycles. The summed E-state index contributed by atoms with van der Waals surface area (Å²) in [5.74, 6) is -0.260. The highest BCUT2D eigenvalue weighted by Gasteiger charge is 2.23. The molecule has 1 rings (SSSR count). The minimum Gasteiger partial charge on any atom is -0.345 e. The van der Waals surface area contributed by atoms with Gasteiger partial charge in [-0.1, -0.05) is 49.0 Å². The van der Waals surface area contributed by atoms with Crippen LogP contribution >= 0.6 is 35.1 Å².